The minimum absolute atomic E-state index is 0.163. The third kappa shape index (κ3) is 15.6. The summed E-state index contributed by atoms with van der Waals surface area (Å²) >= 11 is 0. The molecule has 2 fully saturated rings. The fourth-order valence-corrected chi connectivity index (χ4v) is 4.14. The molecule has 0 unspecified atom stereocenters. The van der Waals surface area contributed by atoms with Gasteiger partial charge in [-0.15, -0.1) is 0 Å². The number of amides is 2. The molecule has 2 aliphatic heterocycles. The first-order valence-electron chi connectivity index (χ1n) is 13.8. The van der Waals surface area contributed by atoms with Crippen LogP contribution in [0.5, 0.6) is 0 Å². The summed E-state index contributed by atoms with van der Waals surface area (Å²) in [5, 5.41) is 0. The van der Waals surface area contributed by atoms with Crippen LogP contribution in [0.1, 0.15) is 110 Å². The molecule has 0 aromatic carbocycles. The average molecular weight is 459 g/mol. The summed E-state index contributed by atoms with van der Waals surface area (Å²) in [7, 11) is 0. The third-order valence-electron chi connectivity index (χ3n) is 6.28. The second-order valence-electron chi connectivity index (χ2n) is 9.31. The van der Waals surface area contributed by atoms with Crippen LogP contribution in [0, 0.1) is 0 Å². The van der Waals surface area contributed by atoms with E-state index in [0.29, 0.717) is 0 Å². The molecule has 2 amide bonds. The van der Waals surface area contributed by atoms with Gasteiger partial charge in [-0.2, -0.15) is 0 Å². The predicted molar refractivity (Wildman–Crippen MR) is 141 cm³/mol. The molecule has 2 saturated heterocycles. The van der Waals surface area contributed by atoms with Gasteiger partial charge in [-0.25, -0.2) is 0 Å². The molecule has 0 atom stereocenters. The molecule has 0 radical (unpaired) electrons. The molecule has 0 spiro atoms. The van der Waals surface area contributed by atoms with Crippen LogP contribution in [0.4, 0.5) is 0 Å². The van der Waals surface area contributed by atoms with Crippen molar-refractivity contribution in [1.82, 2.24) is 9.80 Å². The lowest BCUT2D eigenvalue weighted by molar-refractivity contribution is -0.127. The Morgan fingerprint density at radius 3 is 1.70 bits per heavy atom. The van der Waals surface area contributed by atoms with Gasteiger partial charge >= 0.3 is 0 Å². The molecule has 4 nitrogen and oxygen atoms in total. The van der Waals surface area contributed by atoms with Crippen LogP contribution in [0.25, 0.3) is 0 Å². The molecule has 2 rings (SSSR count). The first-order valence-corrected chi connectivity index (χ1v) is 13.8. The zero-order valence-electron chi connectivity index (χ0n) is 21.6. The largest absolute Gasteiger partial charge is 0.339 e. The molecule has 2 heterocycles. The van der Waals surface area contributed by atoms with Crippen molar-refractivity contribution in [2.24, 2.45) is 0 Å². The second-order valence-corrected chi connectivity index (χ2v) is 9.31. The van der Waals surface area contributed by atoms with E-state index in [1.54, 1.807) is 12.2 Å². The van der Waals surface area contributed by atoms with Gasteiger partial charge in [0, 0.05) is 32.3 Å². The summed E-state index contributed by atoms with van der Waals surface area (Å²) in [6.07, 6.45) is 30.0. The van der Waals surface area contributed by atoms with E-state index in [4.69, 9.17) is 0 Å². The topological polar surface area (TPSA) is 40.6 Å². The Kier molecular flexibility index (Phi) is 18.4. The summed E-state index contributed by atoms with van der Waals surface area (Å²) < 4.78 is 0. The van der Waals surface area contributed by atoms with Crippen LogP contribution in [0.15, 0.2) is 36.5 Å². The van der Waals surface area contributed by atoms with E-state index in [-0.39, 0.29) is 11.8 Å². The Morgan fingerprint density at radius 1 is 0.576 bits per heavy atom. The van der Waals surface area contributed by atoms with E-state index in [0.717, 1.165) is 51.9 Å². The van der Waals surface area contributed by atoms with Crippen molar-refractivity contribution in [1.29, 1.82) is 0 Å². The number of rotatable bonds is 13. The zero-order valence-corrected chi connectivity index (χ0v) is 21.6. The molecule has 0 bridgehead atoms. The van der Waals surface area contributed by atoms with Gasteiger partial charge < -0.3 is 9.80 Å². The first-order chi connectivity index (χ1) is 16.2. The molecular weight excluding hydrogens is 408 g/mol. The van der Waals surface area contributed by atoms with Crippen LogP contribution >= 0.6 is 0 Å². The maximum absolute atomic E-state index is 11.8. The Labute approximate surface area is 204 Å². The van der Waals surface area contributed by atoms with E-state index in [9.17, 15) is 9.59 Å². The highest BCUT2D eigenvalue weighted by atomic mass is 16.2. The van der Waals surface area contributed by atoms with Gasteiger partial charge in [0.05, 0.1) is 0 Å². The van der Waals surface area contributed by atoms with E-state index in [1.807, 2.05) is 22.0 Å². The van der Waals surface area contributed by atoms with Gasteiger partial charge in [0.2, 0.25) is 11.8 Å². The quantitative estimate of drug-likeness (QED) is 0.166. The highest BCUT2D eigenvalue weighted by Gasteiger charge is 2.14. The van der Waals surface area contributed by atoms with E-state index in [2.05, 4.69) is 26.0 Å². The van der Waals surface area contributed by atoms with E-state index < -0.39 is 0 Å². The van der Waals surface area contributed by atoms with Crippen LogP contribution in [0.2, 0.25) is 0 Å². The van der Waals surface area contributed by atoms with E-state index in [1.165, 1.54) is 70.6 Å². The van der Waals surface area contributed by atoms with Crippen molar-refractivity contribution in [3.8, 4) is 0 Å². The summed E-state index contributed by atoms with van der Waals surface area (Å²) in [5.41, 5.74) is 0. The summed E-state index contributed by atoms with van der Waals surface area (Å²) in [4.78, 5) is 27.3. The van der Waals surface area contributed by atoms with Gasteiger partial charge in [-0.05, 0) is 63.9 Å². The Balaban J connectivity index is 0.000000331. The highest BCUT2D eigenvalue weighted by molar-refractivity contribution is 5.88. The van der Waals surface area contributed by atoms with Crippen molar-refractivity contribution in [3.05, 3.63) is 36.5 Å². The fraction of sp³-hybridized carbons (Fsp3) is 0.724. The molecule has 0 aliphatic carbocycles. The molecule has 4 heteroatoms. The van der Waals surface area contributed by atoms with Crippen LogP contribution in [0.3, 0.4) is 0 Å². The standard InChI is InChI=1S/C15H27NO.C14H23NO/c1-2-3-4-5-6-7-9-12-15(17)16-13-10-8-11-14-16;1-2-3-4-5-6-7-8-11-14(16)15-12-9-10-13-15/h9,12H,2-8,10-11,13-14H2,1H3;6-8,11H,2-5,9-10,12-13H2,1H3/b12-9+;7-6-,11-8+. The number of piperidine rings is 1. The molecule has 0 N–H and O–H groups in total. The van der Waals surface area contributed by atoms with Crippen LogP contribution < -0.4 is 0 Å². The van der Waals surface area contributed by atoms with Crippen LogP contribution in [-0.2, 0) is 9.59 Å². The monoisotopic (exact) mass is 458 g/mol. The smallest absolute Gasteiger partial charge is 0.246 e. The number of carbonyl (C=O) groups is 2. The number of likely N-dealkylation sites (tertiary alicyclic amines) is 2. The van der Waals surface area contributed by atoms with Gasteiger partial charge in [0.1, 0.15) is 0 Å². The van der Waals surface area contributed by atoms with Crippen molar-refractivity contribution in [2.75, 3.05) is 26.2 Å². The minimum Gasteiger partial charge on any atom is -0.339 e. The molecule has 188 valence electrons. The molecule has 33 heavy (non-hydrogen) atoms. The zero-order chi connectivity index (χ0) is 24.0. The summed E-state index contributed by atoms with van der Waals surface area (Å²) in [6, 6.07) is 0. The highest BCUT2D eigenvalue weighted by Crippen LogP contribution is 2.10. The molecule has 0 saturated carbocycles. The number of nitrogens with zero attached hydrogens (tertiary/aromatic N) is 2. The maximum atomic E-state index is 11.8. The SMILES string of the molecule is CCCCC/C=C\C=C\C(=O)N1CCCC1.CCCCCCC/C=C/C(=O)N1CCCCC1. The number of carbonyl (C=O) groups excluding carboxylic acids is 2. The normalized spacial score (nSPS) is 16.7. The summed E-state index contributed by atoms with van der Waals surface area (Å²) in [5.74, 6) is 0.383. The number of unbranched alkanes of at least 4 members (excludes halogenated alkanes) is 8. The summed E-state index contributed by atoms with van der Waals surface area (Å²) in [6.45, 7) is 8.22. The van der Waals surface area contributed by atoms with Gasteiger partial charge in [0.15, 0.2) is 0 Å². The lowest BCUT2D eigenvalue weighted by Crippen LogP contribution is -2.34. The average Bonchev–Trinajstić information content (AvgIpc) is 3.39. The van der Waals surface area contributed by atoms with Gasteiger partial charge in [-0.1, -0.05) is 76.7 Å². The number of hydrogen-bond acceptors (Lipinski definition) is 2. The number of hydrogen-bond donors (Lipinski definition) is 0. The van der Waals surface area contributed by atoms with Gasteiger partial charge in [-0.3, -0.25) is 9.59 Å². The van der Waals surface area contributed by atoms with Gasteiger partial charge in [0.25, 0.3) is 0 Å². The molecule has 2 aliphatic rings. The Bertz CT molecular complexity index is 582. The van der Waals surface area contributed by atoms with Crippen molar-refractivity contribution < 1.29 is 9.59 Å². The van der Waals surface area contributed by atoms with Crippen LogP contribution in [-0.4, -0.2) is 47.8 Å². The lowest BCUT2D eigenvalue weighted by Gasteiger charge is -2.25. The molecule has 0 aromatic rings. The molecular formula is C29H50N2O2. The predicted octanol–water partition coefficient (Wildman–Crippen LogP) is 7.22. The minimum atomic E-state index is 0.163. The van der Waals surface area contributed by atoms with E-state index >= 15 is 0 Å². The maximum Gasteiger partial charge on any atom is 0.246 e. The van der Waals surface area contributed by atoms with Crippen molar-refractivity contribution in [3.63, 3.8) is 0 Å². The first kappa shape index (κ1) is 29.2. The van der Waals surface area contributed by atoms with Crippen molar-refractivity contribution >= 4 is 11.8 Å². The second kappa shape index (κ2) is 20.7. The number of allylic oxidation sites excluding steroid dienone is 4. The Hall–Kier alpha value is -1.84. The molecule has 0 aromatic heterocycles. The fourth-order valence-electron chi connectivity index (χ4n) is 4.14. The third-order valence-corrected chi connectivity index (χ3v) is 6.28. The Morgan fingerprint density at radius 2 is 1.06 bits per heavy atom. The van der Waals surface area contributed by atoms with Crippen molar-refractivity contribution in [2.45, 2.75) is 110 Å². The lowest BCUT2D eigenvalue weighted by atomic mass is 10.1.